The van der Waals surface area contributed by atoms with Gasteiger partial charge in [-0.05, 0) is 28.1 Å². The van der Waals surface area contributed by atoms with E-state index in [0.717, 1.165) is 15.9 Å². The van der Waals surface area contributed by atoms with Gasteiger partial charge in [-0.15, -0.1) is 0 Å². The maximum atomic E-state index is 11.6. The smallest absolute Gasteiger partial charge is 0.339 e. The summed E-state index contributed by atoms with van der Waals surface area (Å²) in [5.74, 6) is 0.553. The molecule has 0 radical (unpaired) electrons. The van der Waals surface area contributed by atoms with Gasteiger partial charge in [0.25, 0.3) is 0 Å². The van der Waals surface area contributed by atoms with Crippen molar-refractivity contribution < 1.29 is 9.53 Å². The number of pyridine rings is 1. The van der Waals surface area contributed by atoms with E-state index in [9.17, 15) is 4.79 Å². The average molecular weight is 311 g/mol. The molecular formula is C13H15BrN2O2. The van der Waals surface area contributed by atoms with E-state index in [0.29, 0.717) is 5.56 Å². The lowest BCUT2D eigenvalue weighted by atomic mass is 9.96. The summed E-state index contributed by atoms with van der Waals surface area (Å²) in [5.41, 5.74) is 1.34. The standard InChI is InChI=1S/C13H15BrN2O2/c1-13(2,3)12-15-10(14)9-6-5-8(7-16(9)12)11(17)18-4/h5-7H,1-4H3. The Morgan fingerprint density at radius 2 is 2.06 bits per heavy atom. The molecule has 0 unspecified atom stereocenters. The highest BCUT2D eigenvalue weighted by Gasteiger charge is 2.22. The van der Waals surface area contributed by atoms with Crippen LogP contribution in [-0.2, 0) is 10.2 Å². The third kappa shape index (κ3) is 2.14. The Morgan fingerprint density at radius 1 is 1.39 bits per heavy atom. The van der Waals surface area contributed by atoms with Crippen molar-refractivity contribution in [2.75, 3.05) is 7.11 Å². The van der Waals surface area contributed by atoms with E-state index in [1.165, 1.54) is 7.11 Å². The van der Waals surface area contributed by atoms with Gasteiger partial charge in [-0.2, -0.15) is 0 Å². The molecule has 0 atom stereocenters. The highest BCUT2D eigenvalue weighted by atomic mass is 79.9. The molecule has 5 heteroatoms. The molecule has 0 bridgehead atoms. The minimum atomic E-state index is -0.346. The molecule has 0 aliphatic heterocycles. The Hall–Kier alpha value is -1.36. The first-order valence-electron chi connectivity index (χ1n) is 5.61. The predicted octanol–water partition coefficient (Wildman–Crippen LogP) is 3.18. The number of aromatic nitrogens is 2. The molecule has 2 heterocycles. The van der Waals surface area contributed by atoms with Crippen LogP contribution in [0.4, 0.5) is 0 Å². The number of ether oxygens (including phenoxy) is 1. The zero-order valence-corrected chi connectivity index (χ0v) is 12.4. The van der Waals surface area contributed by atoms with E-state index in [2.05, 4.69) is 41.7 Å². The van der Waals surface area contributed by atoms with E-state index >= 15 is 0 Å². The van der Waals surface area contributed by atoms with Crippen molar-refractivity contribution in [2.24, 2.45) is 0 Å². The van der Waals surface area contributed by atoms with Gasteiger partial charge in [-0.3, -0.25) is 0 Å². The van der Waals surface area contributed by atoms with Crippen molar-refractivity contribution >= 4 is 27.4 Å². The molecule has 0 saturated heterocycles. The van der Waals surface area contributed by atoms with Gasteiger partial charge >= 0.3 is 5.97 Å². The van der Waals surface area contributed by atoms with Crippen LogP contribution in [-0.4, -0.2) is 22.5 Å². The maximum Gasteiger partial charge on any atom is 0.339 e. The summed E-state index contributed by atoms with van der Waals surface area (Å²) in [6.45, 7) is 6.25. The quantitative estimate of drug-likeness (QED) is 0.760. The van der Waals surface area contributed by atoms with Crippen LogP contribution in [0.1, 0.15) is 37.0 Å². The summed E-state index contributed by atoms with van der Waals surface area (Å²) < 4.78 is 7.44. The van der Waals surface area contributed by atoms with E-state index < -0.39 is 0 Å². The maximum absolute atomic E-state index is 11.6. The fourth-order valence-electron chi connectivity index (χ4n) is 1.82. The Kier molecular flexibility index (Phi) is 3.19. The summed E-state index contributed by atoms with van der Waals surface area (Å²) in [4.78, 5) is 16.1. The van der Waals surface area contributed by atoms with Crippen LogP contribution in [0.2, 0.25) is 0 Å². The van der Waals surface area contributed by atoms with Crippen molar-refractivity contribution in [3.63, 3.8) is 0 Å². The summed E-state index contributed by atoms with van der Waals surface area (Å²) in [6, 6.07) is 3.60. The minimum absolute atomic E-state index is 0.107. The molecule has 2 aromatic heterocycles. The first kappa shape index (κ1) is 13.1. The van der Waals surface area contributed by atoms with Gasteiger partial charge in [0.15, 0.2) is 0 Å². The van der Waals surface area contributed by atoms with Crippen LogP contribution in [0, 0.1) is 0 Å². The van der Waals surface area contributed by atoms with Gasteiger partial charge in [-0.1, -0.05) is 20.8 Å². The fourth-order valence-corrected chi connectivity index (χ4v) is 2.31. The largest absolute Gasteiger partial charge is 0.465 e. The number of methoxy groups -OCH3 is 1. The highest BCUT2D eigenvalue weighted by molar-refractivity contribution is 9.10. The van der Waals surface area contributed by atoms with Gasteiger partial charge in [0.2, 0.25) is 0 Å². The average Bonchev–Trinajstić information content (AvgIpc) is 2.65. The predicted molar refractivity (Wildman–Crippen MR) is 72.9 cm³/mol. The number of carbonyl (C=O) groups is 1. The SMILES string of the molecule is COC(=O)c1ccc2c(Br)nc(C(C)(C)C)n2c1. The van der Waals surface area contributed by atoms with E-state index in [1.807, 2.05) is 10.5 Å². The zero-order valence-electron chi connectivity index (χ0n) is 10.8. The lowest BCUT2D eigenvalue weighted by molar-refractivity contribution is 0.0600. The molecule has 0 fully saturated rings. The van der Waals surface area contributed by atoms with Crippen molar-refractivity contribution in [3.8, 4) is 0 Å². The lowest BCUT2D eigenvalue weighted by Gasteiger charge is -2.16. The van der Waals surface area contributed by atoms with Crippen LogP contribution < -0.4 is 0 Å². The number of nitrogens with zero attached hydrogens (tertiary/aromatic N) is 2. The zero-order chi connectivity index (χ0) is 13.5. The number of esters is 1. The first-order valence-corrected chi connectivity index (χ1v) is 6.40. The number of hydrogen-bond acceptors (Lipinski definition) is 3. The molecule has 0 aliphatic rings. The number of halogens is 1. The van der Waals surface area contributed by atoms with Crippen LogP contribution in [0.5, 0.6) is 0 Å². The van der Waals surface area contributed by atoms with Crippen LogP contribution in [0.15, 0.2) is 22.9 Å². The van der Waals surface area contributed by atoms with Gasteiger partial charge in [0, 0.05) is 11.6 Å². The molecule has 2 rings (SSSR count). The third-order valence-corrected chi connectivity index (χ3v) is 3.27. The van der Waals surface area contributed by atoms with Crippen LogP contribution >= 0.6 is 15.9 Å². The van der Waals surface area contributed by atoms with Crippen molar-refractivity contribution in [1.29, 1.82) is 0 Å². The Bertz CT molecular complexity index is 611. The van der Waals surface area contributed by atoms with E-state index in [-0.39, 0.29) is 11.4 Å². The Morgan fingerprint density at radius 3 is 2.61 bits per heavy atom. The molecule has 0 amide bonds. The lowest BCUT2D eigenvalue weighted by Crippen LogP contribution is -2.16. The third-order valence-electron chi connectivity index (χ3n) is 2.68. The van der Waals surface area contributed by atoms with E-state index in [1.54, 1.807) is 12.3 Å². The summed E-state index contributed by atoms with van der Waals surface area (Å²) in [5, 5.41) is 0. The van der Waals surface area contributed by atoms with E-state index in [4.69, 9.17) is 4.74 Å². The van der Waals surface area contributed by atoms with Crippen molar-refractivity contribution in [1.82, 2.24) is 9.38 Å². The Labute approximate surface area is 114 Å². The topological polar surface area (TPSA) is 43.6 Å². The molecule has 96 valence electrons. The summed E-state index contributed by atoms with van der Waals surface area (Å²) >= 11 is 3.44. The summed E-state index contributed by atoms with van der Waals surface area (Å²) in [7, 11) is 1.38. The normalized spacial score (nSPS) is 11.8. The molecule has 2 aromatic rings. The van der Waals surface area contributed by atoms with Gasteiger partial charge < -0.3 is 9.14 Å². The van der Waals surface area contributed by atoms with Crippen LogP contribution in [0.25, 0.3) is 5.52 Å². The summed E-state index contributed by atoms with van der Waals surface area (Å²) in [6.07, 6.45) is 1.76. The Balaban J connectivity index is 2.71. The number of imidazole rings is 1. The molecule has 0 N–H and O–H groups in total. The number of hydrogen-bond donors (Lipinski definition) is 0. The first-order chi connectivity index (χ1) is 8.34. The molecule has 18 heavy (non-hydrogen) atoms. The molecule has 0 aliphatic carbocycles. The number of fused-ring (bicyclic) bond motifs is 1. The van der Waals surface area contributed by atoms with Gasteiger partial charge in [0.05, 0.1) is 18.2 Å². The second-order valence-electron chi connectivity index (χ2n) is 5.14. The van der Waals surface area contributed by atoms with Gasteiger partial charge in [-0.25, -0.2) is 9.78 Å². The molecule has 0 saturated carbocycles. The second kappa shape index (κ2) is 4.39. The fraction of sp³-hybridized carbons (Fsp3) is 0.385. The van der Waals surface area contributed by atoms with Gasteiger partial charge in [0.1, 0.15) is 10.4 Å². The monoisotopic (exact) mass is 310 g/mol. The number of rotatable bonds is 1. The molecular weight excluding hydrogens is 296 g/mol. The molecule has 4 nitrogen and oxygen atoms in total. The molecule has 0 aromatic carbocycles. The van der Waals surface area contributed by atoms with Crippen molar-refractivity contribution in [2.45, 2.75) is 26.2 Å². The molecule has 0 spiro atoms. The second-order valence-corrected chi connectivity index (χ2v) is 5.89. The minimum Gasteiger partial charge on any atom is -0.465 e. The highest BCUT2D eigenvalue weighted by Crippen LogP contribution is 2.27. The van der Waals surface area contributed by atoms with Crippen LogP contribution in [0.3, 0.4) is 0 Å². The van der Waals surface area contributed by atoms with Crippen molar-refractivity contribution in [3.05, 3.63) is 34.3 Å². The number of carbonyl (C=O) groups excluding carboxylic acids is 1.